The van der Waals surface area contributed by atoms with E-state index in [-0.39, 0.29) is 0 Å². The smallest absolute Gasteiger partial charge is 0.146 e. The van der Waals surface area contributed by atoms with E-state index in [9.17, 15) is 0 Å². The minimum Gasteiger partial charge on any atom is -0.294 e. The number of hydrogen-bond acceptors (Lipinski definition) is 1. The summed E-state index contributed by atoms with van der Waals surface area (Å²) < 4.78 is 2.32. The monoisotopic (exact) mass is 494 g/mol. The van der Waals surface area contributed by atoms with Gasteiger partial charge in [0.05, 0.1) is 11.0 Å². The fourth-order valence-corrected chi connectivity index (χ4v) is 6.62. The fourth-order valence-electron chi connectivity index (χ4n) is 6.62. The summed E-state index contributed by atoms with van der Waals surface area (Å²) in [5.74, 6) is 0. The van der Waals surface area contributed by atoms with Crippen LogP contribution in [0.1, 0.15) is 0 Å². The van der Waals surface area contributed by atoms with Crippen LogP contribution >= 0.6 is 0 Å². The Kier molecular flexibility index (Phi) is 4.08. The summed E-state index contributed by atoms with van der Waals surface area (Å²) in [4.78, 5) is 5.16. The predicted octanol–water partition coefficient (Wildman–Crippen LogP) is 9.80. The van der Waals surface area contributed by atoms with Gasteiger partial charge < -0.3 is 0 Å². The van der Waals surface area contributed by atoms with E-state index in [2.05, 4.69) is 138 Å². The Morgan fingerprint density at radius 2 is 1.15 bits per heavy atom. The van der Waals surface area contributed by atoms with Crippen molar-refractivity contribution in [3.63, 3.8) is 0 Å². The summed E-state index contributed by atoms with van der Waals surface area (Å²) in [6.07, 6.45) is 0. The Hall–Kier alpha value is -5.21. The van der Waals surface area contributed by atoms with E-state index in [0.29, 0.717) is 0 Å². The Morgan fingerprint density at radius 3 is 2.08 bits per heavy atom. The number of nitrogens with zero attached hydrogens (tertiary/aromatic N) is 2. The molecule has 180 valence electrons. The highest BCUT2D eigenvalue weighted by Gasteiger charge is 2.22. The van der Waals surface area contributed by atoms with E-state index in [0.717, 1.165) is 22.2 Å². The van der Waals surface area contributed by atoms with Crippen molar-refractivity contribution >= 4 is 43.6 Å². The Balaban J connectivity index is 1.30. The van der Waals surface area contributed by atoms with Gasteiger partial charge in [0.25, 0.3) is 0 Å². The zero-order valence-electron chi connectivity index (χ0n) is 21.1. The first kappa shape index (κ1) is 20.8. The van der Waals surface area contributed by atoms with E-state index >= 15 is 0 Å². The maximum absolute atomic E-state index is 5.16. The van der Waals surface area contributed by atoms with E-state index in [1.807, 2.05) is 0 Å². The Labute approximate surface area is 225 Å². The Morgan fingerprint density at radius 1 is 0.462 bits per heavy atom. The van der Waals surface area contributed by atoms with Gasteiger partial charge in [0.15, 0.2) is 0 Å². The van der Waals surface area contributed by atoms with Crippen molar-refractivity contribution < 1.29 is 0 Å². The highest BCUT2D eigenvalue weighted by molar-refractivity contribution is 6.18. The van der Waals surface area contributed by atoms with Gasteiger partial charge >= 0.3 is 0 Å². The molecular weight excluding hydrogens is 472 g/mol. The number of fused-ring (bicyclic) bond motifs is 7. The number of aromatic nitrogens is 2. The molecule has 9 rings (SSSR count). The molecule has 0 saturated carbocycles. The number of benzene rings is 6. The average Bonchev–Trinajstić information content (AvgIpc) is 3.50. The van der Waals surface area contributed by atoms with Crippen molar-refractivity contribution in [2.45, 2.75) is 0 Å². The molecule has 0 radical (unpaired) electrons. The van der Waals surface area contributed by atoms with Crippen LogP contribution in [0.5, 0.6) is 0 Å². The molecule has 0 atom stereocenters. The zero-order chi connectivity index (χ0) is 25.5. The molecule has 2 nitrogen and oxygen atoms in total. The lowest BCUT2D eigenvalue weighted by Crippen LogP contribution is -1.96. The standard InChI is InChI=1S/C37H22N2/c1-5-17-34-24(9-1)22-33-29-14-4-6-18-35(29)39(37(33)38-34)25-11-7-10-23(21-25)26-19-20-32-28-13-3-2-12-27(28)31-16-8-15-30(26)36(31)32/h1-22H. The molecule has 0 bridgehead atoms. The lowest BCUT2D eigenvalue weighted by molar-refractivity contribution is 1.15. The van der Waals surface area contributed by atoms with Gasteiger partial charge in [-0.25, -0.2) is 4.98 Å². The highest BCUT2D eigenvalue weighted by Crippen LogP contribution is 2.49. The zero-order valence-corrected chi connectivity index (χ0v) is 21.1. The van der Waals surface area contributed by atoms with Crippen LogP contribution < -0.4 is 0 Å². The summed E-state index contributed by atoms with van der Waals surface area (Å²) >= 11 is 0. The van der Waals surface area contributed by atoms with Crippen molar-refractivity contribution in [3.05, 3.63) is 133 Å². The predicted molar refractivity (Wildman–Crippen MR) is 163 cm³/mol. The number of para-hydroxylation sites is 2. The number of hydrogen-bond donors (Lipinski definition) is 0. The van der Waals surface area contributed by atoms with Crippen LogP contribution in [0, 0.1) is 0 Å². The third-order valence-corrected chi connectivity index (χ3v) is 8.31. The van der Waals surface area contributed by atoms with Gasteiger partial charge in [-0.1, -0.05) is 103 Å². The molecule has 0 spiro atoms. The lowest BCUT2D eigenvalue weighted by atomic mass is 9.94. The quantitative estimate of drug-likeness (QED) is 0.234. The van der Waals surface area contributed by atoms with Crippen LogP contribution in [-0.4, -0.2) is 9.55 Å². The van der Waals surface area contributed by atoms with Gasteiger partial charge in [-0.05, 0) is 74.5 Å². The van der Waals surface area contributed by atoms with Crippen molar-refractivity contribution in [2.75, 3.05) is 0 Å². The number of pyridine rings is 1. The molecule has 0 saturated heterocycles. The van der Waals surface area contributed by atoms with Crippen LogP contribution in [-0.2, 0) is 0 Å². The van der Waals surface area contributed by atoms with Crippen molar-refractivity contribution in [3.8, 4) is 39.1 Å². The third-order valence-electron chi connectivity index (χ3n) is 8.31. The molecule has 2 heteroatoms. The van der Waals surface area contributed by atoms with Gasteiger partial charge in [0.2, 0.25) is 0 Å². The highest BCUT2D eigenvalue weighted by atomic mass is 15.0. The number of rotatable bonds is 2. The van der Waals surface area contributed by atoms with E-state index in [1.165, 1.54) is 60.4 Å². The normalized spacial score (nSPS) is 12.1. The topological polar surface area (TPSA) is 17.8 Å². The largest absolute Gasteiger partial charge is 0.294 e. The first-order valence-corrected chi connectivity index (χ1v) is 13.4. The summed E-state index contributed by atoms with van der Waals surface area (Å²) in [5.41, 5.74) is 12.1. The third kappa shape index (κ3) is 2.83. The summed E-state index contributed by atoms with van der Waals surface area (Å²) in [6.45, 7) is 0. The SMILES string of the molecule is c1cc(-c2ccc3c4c(cccc24)-c2ccccc2-3)cc(-n2c3ccccc3c3cc4ccccc4nc32)c1. The van der Waals surface area contributed by atoms with Crippen LogP contribution in [0.4, 0.5) is 0 Å². The first-order chi connectivity index (χ1) is 19.3. The first-order valence-electron chi connectivity index (χ1n) is 13.4. The summed E-state index contributed by atoms with van der Waals surface area (Å²) in [7, 11) is 0. The second-order valence-electron chi connectivity index (χ2n) is 10.4. The van der Waals surface area contributed by atoms with Crippen LogP contribution in [0.25, 0.3) is 82.7 Å². The van der Waals surface area contributed by atoms with Gasteiger partial charge in [-0.2, -0.15) is 0 Å². The van der Waals surface area contributed by atoms with Gasteiger partial charge in [0, 0.05) is 21.8 Å². The van der Waals surface area contributed by atoms with E-state index < -0.39 is 0 Å². The van der Waals surface area contributed by atoms with Crippen molar-refractivity contribution in [1.29, 1.82) is 0 Å². The molecule has 0 N–H and O–H groups in total. The van der Waals surface area contributed by atoms with Gasteiger partial charge in [-0.3, -0.25) is 4.57 Å². The fraction of sp³-hybridized carbons (Fsp3) is 0. The van der Waals surface area contributed by atoms with Gasteiger partial charge in [-0.15, -0.1) is 0 Å². The molecule has 0 fully saturated rings. The van der Waals surface area contributed by atoms with E-state index in [4.69, 9.17) is 4.98 Å². The molecule has 0 unspecified atom stereocenters. The molecule has 8 aromatic rings. The van der Waals surface area contributed by atoms with Crippen molar-refractivity contribution in [2.24, 2.45) is 0 Å². The molecule has 0 aliphatic heterocycles. The Bertz CT molecular complexity index is 2260. The maximum Gasteiger partial charge on any atom is 0.146 e. The molecular formula is C37H22N2. The molecule has 39 heavy (non-hydrogen) atoms. The molecule has 0 amide bonds. The molecule has 2 aromatic heterocycles. The second-order valence-corrected chi connectivity index (χ2v) is 10.4. The molecule has 2 heterocycles. The minimum atomic E-state index is 0.989. The van der Waals surface area contributed by atoms with Crippen LogP contribution in [0.15, 0.2) is 133 Å². The molecule has 1 aliphatic rings. The maximum atomic E-state index is 5.16. The van der Waals surface area contributed by atoms with Crippen molar-refractivity contribution in [1.82, 2.24) is 9.55 Å². The van der Waals surface area contributed by atoms with Gasteiger partial charge in [0.1, 0.15) is 5.65 Å². The van der Waals surface area contributed by atoms with Crippen LogP contribution in [0.3, 0.4) is 0 Å². The molecule has 6 aromatic carbocycles. The summed E-state index contributed by atoms with van der Waals surface area (Å²) in [6, 6.07) is 48.3. The minimum absolute atomic E-state index is 0.989. The lowest BCUT2D eigenvalue weighted by Gasteiger charge is -2.13. The second kappa shape index (κ2) is 7.66. The molecule has 1 aliphatic carbocycles. The average molecular weight is 495 g/mol. The van der Waals surface area contributed by atoms with E-state index in [1.54, 1.807) is 0 Å². The van der Waals surface area contributed by atoms with Crippen LogP contribution in [0.2, 0.25) is 0 Å². The summed E-state index contributed by atoms with van der Waals surface area (Å²) in [5, 5.41) is 6.21.